The zero-order valence-electron chi connectivity index (χ0n) is 17.4. The average Bonchev–Trinajstić information content (AvgIpc) is 2.80. The van der Waals surface area contributed by atoms with Crippen molar-refractivity contribution in [3.63, 3.8) is 0 Å². The molecule has 8 nitrogen and oxygen atoms in total. The van der Waals surface area contributed by atoms with Gasteiger partial charge in [-0.25, -0.2) is 8.42 Å². The summed E-state index contributed by atoms with van der Waals surface area (Å²) in [4.78, 5) is 25.2. The molecule has 0 aromatic heterocycles. The van der Waals surface area contributed by atoms with Crippen molar-refractivity contribution < 1.29 is 27.5 Å². The number of rotatable bonds is 5. The molecule has 10 heteroatoms. The topological polar surface area (TPSA) is 111 Å². The molecular formula is C23H19ClN2O6S. The summed E-state index contributed by atoms with van der Waals surface area (Å²) >= 11 is 6.29. The molecule has 0 fully saturated rings. The van der Waals surface area contributed by atoms with Gasteiger partial charge in [-0.15, -0.1) is 0 Å². The maximum absolute atomic E-state index is 12.6. The molecule has 3 aromatic rings. The fourth-order valence-corrected chi connectivity index (χ4v) is 4.04. The van der Waals surface area contributed by atoms with E-state index in [9.17, 15) is 18.0 Å². The predicted molar refractivity (Wildman–Crippen MR) is 124 cm³/mol. The number of halogens is 1. The molecule has 0 spiro atoms. The van der Waals surface area contributed by atoms with Gasteiger partial charge in [0.15, 0.2) is 21.3 Å². The standard InChI is InChI=1S/C23H19ClN2O6S/c1-33(29,30)17-4-2-3-14(11-17)23(28)26-19-7-6-16(13-18(19)24)25-22(27)15-5-8-20-21(12-15)32-10-9-31-20/h2-8,11-13H,9-10H2,1H3,(H,25,27)(H,26,28). The van der Waals surface area contributed by atoms with Crippen LogP contribution in [0.3, 0.4) is 0 Å². The Balaban J connectivity index is 1.46. The molecule has 0 saturated carbocycles. The highest BCUT2D eigenvalue weighted by Gasteiger charge is 2.16. The van der Waals surface area contributed by atoms with Crippen LogP contribution in [0.4, 0.5) is 11.4 Å². The van der Waals surface area contributed by atoms with Crippen LogP contribution in [0.5, 0.6) is 11.5 Å². The molecule has 2 amide bonds. The molecule has 3 aromatic carbocycles. The zero-order valence-corrected chi connectivity index (χ0v) is 19.0. The monoisotopic (exact) mass is 486 g/mol. The van der Waals surface area contributed by atoms with Gasteiger partial charge in [-0.3, -0.25) is 9.59 Å². The predicted octanol–water partition coefficient (Wildman–Crippen LogP) is 4.02. The number of hydrogen-bond donors (Lipinski definition) is 2. The second kappa shape index (κ2) is 9.13. The molecule has 1 aliphatic rings. The van der Waals surface area contributed by atoms with Crippen LogP contribution in [0.25, 0.3) is 0 Å². The van der Waals surface area contributed by atoms with Crippen molar-refractivity contribution in [2.75, 3.05) is 30.1 Å². The van der Waals surface area contributed by atoms with Crippen molar-refractivity contribution >= 4 is 44.6 Å². The molecule has 170 valence electrons. The van der Waals surface area contributed by atoms with Crippen LogP contribution >= 0.6 is 11.6 Å². The lowest BCUT2D eigenvalue weighted by Crippen LogP contribution is -2.17. The maximum atomic E-state index is 12.6. The number of carbonyl (C=O) groups excluding carboxylic acids is 2. The molecule has 0 bridgehead atoms. The van der Waals surface area contributed by atoms with Crippen LogP contribution < -0.4 is 20.1 Å². The minimum absolute atomic E-state index is 0.0402. The minimum atomic E-state index is -3.45. The molecule has 0 radical (unpaired) electrons. The second-order valence-electron chi connectivity index (χ2n) is 7.26. The molecule has 0 aliphatic carbocycles. The van der Waals surface area contributed by atoms with Gasteiger partial charge in [0.05, 0.1) is 15.6 Å². The third-order valence-corrected chi connectivity index (χ3v) is 6.23. The van der Waals surface area contributed by atoms with Crippen LogP contribution in [-0.2, 0) is 9.84 Å². The molecule has 2 N–H and O–H groups in total. The summed E-state index contributed by atoms with van der Waals surface area (Å²) in [5, 5.41) is 5.58. The van der Waals surface area contributed by atoms with E-state index in [1.54, 1.807) is 30.3 Å². The summed E-state index contributed by atoms with van der Waals surface area (Å²) in [5.74, 6) is 0.209. The highest BCUT2D eigenvalue weighted by molar-refractivity contribution is 7.90. The first-order chi connectivity index (χ1) is 15.7. The Morgan fingerprint density at radius 1 is 0.848 bits per heavy atom. The number of carbonyl (C=O) groups is 2. The maximum Gasteiger partial charge on any atom is 0.255 e. The lowest BCUT2D eigenvalue weighted by molar-refractivity contribution is 0.101. The molecule has 1 heterocycles. The van der Waals surface area contributed by atoms with Gasteiger partial charge >= 0.3 is 0 Å². The van der Waals surface area contributed by atoms with E-state index >= 15 is 0 Å². The smallest absolute Gasteiger partial charge is 0.255 e. The molecule has 4 rings (SSSR count). The lowest BCUT2D eigenvalue weighted by Gasteiger charge is -2.18. The van der Waals surface area contributed by atoms with E-state index in [-0.39, 0.29) is 21.4 Å². The van der Waals surface area contributed by atoms with E-state index in [0.29, 0.717) is 41.7 Å². The molecule has 0 saturated heterocycles. The minimum Gasteiger partial charge on any atom is -0.486 e. The summed E-state index contributed by atoms with van der Waals surface area (Å²) in [7, 11) is -3.45. The Bertz CT molecular complexity index is 1360. The second-order valence-corrected chi connectivity index (χ2v) is 9.68. The number of nitrogens with one attached hydrogen (secondary N) is 2. The van der Waals surface area contributed by atoms with Crippen LogP contribution in [0, 0.1) is 0 Å². The summed E-state index contributed by atoms with van der Waals surface area (Å²) in [6.45, 7) is 0.877. The number of ether oxygens (including phenoxy) is 2. The van der Waals surface area contributed by atoms with E-state index in [4.69, 9.17) is 21.1 Å². The van der Waals surface area contributed by atoms with Crippen molar-refractivity contribution in [3.8, 4) is 11.5 Å². The van der Waals surface area contributed by atoms with E-state index in [0.717, 1.165) is 6.26 Å². The first kappa shape index (κ1) is 22.6. The van der Waals surface area contributed by atoms with Gasteiger partial charge in [0.2, 0.25) is 0 Å². The molecule has 0 unspecified atom stereocenters. The van der Waals surface area contributed by atoms with E-state index in [2.05, 4.69) is 10.6 Å². The van der Waals surface area contributed by atoms with Crippen LogP contribution in [-0.4, -0.2) is 39.7 Å². The van der Waals surface area contributed by atoms with Gasteiger partial charge < -0.3 is 20.1 Å². The van der Waals surface area contributed by atoms with Gasteiger partial charge in [-0.2, -0.15) is 0 Å². The van der Waals surface area contributed by atoms with E-state index < -0.39 is 15.7 Å². The van der Waals surface area contributed by atoms with Gasteiger partial charge in [0, 0.05) is 23.1 Å². The lowest BCUT2D eigenvalue weighted by atomic mass is 10.1. The number of anilines is 2. The quantitative estimate of drug-likeness (QED) is 0.563. The summed E-state index contributed by atoms with van der Waals surface area (Å²) < 4.78 is 34.4. The zero-order chi connectivity index (χ0) is 23.6. The van der Waals surface area contributed by atoms with Crippen molar-refractivity contribution in [1.82, 2.24) is 0 Å². The number of hydrogen-bond acceptors (Lipinski definition) is 6. The van der Waals surface area contributed by atoms with Crippen molar-refractivity contribution in [3.05, 3.63) is 76.8 Å². The number of fused-ring (bicyclic) bond motifs is 1. The van der Waals surface area contributed by atoms with Gasteiger partial charge in [-0.1, -0.05) is 17.7 Å². The highest BCUT2D eigenvalue weighted by Crippen LogP contribution is 2.31. The Kier molecular flexibility index (Phi) is 6.26. The van der Waals surface area contributed by atoms with Crippen molar-refractivity contribution in [2.24, 2.45) is 0 Å². The first-order valence-corrected chi connectivity index (χ1v) is 12.1. The fourth-order valence-electron chi connectivity index (χ4n) is 3.14. The number of amides is 2. The molecule has 1 aliphatic heterocycles. The summed E-state index contributed by atoms with van der Waals surface area (Å²) in [6, 6.07) is 15.2. The molecule has 0 atom stereocenters. The Labute approximate surface area is 195 Å². The van der Waals surface area contributed by atoms with E-state index in [1.165, 1.54) is 30.3 Å². The Hall–Kier alpha value is -3.56. The third kappa shape index (κ3) is 5.27. The van der Waals surface area contributed by atoms with Gasteiger partial charge in [-0.05, 0) is 54.6 Å². The fraction of sp³-hybridized carbons (Fsp3) is 0.130. The number of benzene rings is 3. The SMILES string of the molecule is CS(=O)(=O)c1cccc(C(=O)Nc2ccc(NC(=O)c3ccc4c(c3)OCCO4)cc2Cl)c1. The Morgan fingerprint density at radius 2 is 1.55 bits per heavy atom. The normalized spacial score (nSPS) is 12.7. The third-order valence-electron chi connectivity index (χ3n) is 4.80. The summed E-state index contributed by atoms with van der Waals surface area (Å²) in [6.07, 6.45) is 1.07. The highest BCUT2D eigenvalue weighted by atomic mass is 35.5. The summed E-state index contributed by atoms with van der Waals surface area (Å²) in [5.41, 5.74) is 1.30. The molecule has 33 heavy (non-hydrogen) atoms. The van der Waals surface area contributed by atoms with Crippen LogP contribution in [0.15, 0.2) is 65.6 Å². The van der Waals surface area contributed by atoms with Crippen molar-refractivity contribution in [1.29, 1.82) is 0 Å². The number of sulfone groups is 1. The largest absolute Gasteiger partial charge is 0.486 e. The van der Waals surface area contributed by atoms with Gasteiger partial charge in [0.1, 0.15) is 13.2 Å². The van der Waals surface area contributed by atoms with Gasteiger partial charge in [0.25, 0.3) is 11.8 Å². The van der Waals surface area contributed by atoms with Crippen LogP contribution in [0.1, 0.15) is 20.7 Å². The Morgan fingerprint density at radius 3 is 2.27 bits per heavy atom. The van der Waals surface area contributed by atoms with E-state index in [1.807, 2.05) is 0 Å². The van der Waals surface area contributed by atoms with Crippen molar-refractivity contribution in [2.45, 2.75) is 4.90 Å². The van der Waals surface area contributed by atoms with Crippen LogP contribution in [0.2, 0.25) is 5.02 Å². The first-order valence-electron chi connectivity index (χ1n) is 9.83. The molecular weight excluding hydrogens is 468 g/mol. The average molecular weight is 487 g/mol.